The lowest BCUT2D eigenvalue weighted by atomic mass is 10.1. The average molecular weight is 365 g/mol. The SMILES string of the molecule is CC(NC(=O)NCc1c(C2CC2)cnn1C)c1ccc(-n2ccnn2)cc1. The lowest BCUT2D eigenvalue weighted by Gasteiger charge is -2.16. The maximum atomic E-state index is 12.3. The van der Waals surface area contributed by atoms with Crippen LogP contribution in [0.5, 0.6) is 0 Å². The van der Waals surface area contributed by atoms with E-state index in [1.807, 2.05) is 49.1 Å². The Morgan fingerprint density at radius 3 is 2.74 bits per heavy atom. The van der Waals surface area contributed by atoms with Crippen LogP contribution in [0.1, 0.15) is 48.5 Å². The van der Waals surface area contributed by atoms with E-state index in [0.717, 1.165) is 16.9 Å². The van der Waals surface area contributed by atoms with Gasteiger partial charge in [-0.15, -0.1) is 5.10 Å². The van der Waals surface area contributed by atoms with Crippen LogP contribution in [-0.2, 0) is 13.6 Å². The van der Waals surface area contributed by atoms with E-state index in [1.165, 1.54) is 18.4 Å². The van der Waals surface area contributed by atoms with Gasteiger partial charge in [-0.25, -0.2) is 9.48 Å². The van der Waals surface area contributed by atoms with Crippen molar-refractivity contribution in [2.24, 2.45) is 7.05 Å². The van der Waals surface area contributed by atoms with Crippen molar-refractivity contribution in [1.82, 2.24) is 35.4 Å². The molecule has 0 aliphatic heterocycles. The molecule has 140 valence electrons. The van der Waals surface area contributed by atoms with Crippen molar-refractivity contribution in [2.45, 2.75) is 38.3 Å². The number of aryl methyl sites for hydroxylation is 1. The van der Waals surface area contributed by atoms with Crippen molar-refractivity contribution in [2.75, 3.05) is 0 Å². The Morgan fingerprint density at radius 1 is 1.30 bits per heavy atom. The van der Waals surface area contributed by atoms with Crippen LogP contribution in [0.25, 0.3) is 5.69 Å². The van der Waals surface area contributed by atoms with Gasteiger partial charge in [0.05, 0.1) is 42.6 Å². The molecule has 3 aromatic rings. The second-order valence-corrected chi connectivity index (χ2v) is 6.93. The number of carbonyl (C=O) groups excluding carboxylic acids is 1. The van der Waals surface area contributed by atoms with E-state index in [4.69, 9.17) is 0 Å². The van der Waals surface area contributed by atoms with Gasteiger partial charge in [0.25, 0.3) is 0 Å². The molecule has 0 radical (unpaired) electrons. The summed E-state index contributed by atoms with van der Waals surface area (Å²) in [5.41, 5.74) is 4.29. The molecule has 2 N–H and O–H groups in total. The Hall–Kier alpha value is -3.16. The molecule has 2 heterocycles. The molecule has 2 amide bonds. The molecule has 1 aromatic carbocycles. The Bertz CT molecular complexity index is 910. The van der Waals surface area contributed by atoms with E-state index in [2.05, 4.69) is 26.0 Å². The number of carbonyl (C=O) groups is 1. The van der Waals surface area contributed by atoms with Crippen molar-refractivity contribution in [3.63, 3.8) is 0 Å². The number of urea groups is 1. The van der Waals surface area contributed by atoms with E-state index in [1.54, 1.807) is 17.1 Å². The molecule has 0 saturated heterocycles. The molecule has 27 heavy (non-hydrogen) atoms. The maximum absolute atomic E-state index is 12.3. The Kier molecular flexibility index (Phi) is 4.62. The number of amides is 2. The Balaban J connectivity index is 1.33. The second kappa shape index (κ2) is 7.22. The first-order valence-corrected chi connectivity index (χ1v) is 9.13. The lowest BCUT2D eigenvalue weighted by molar-refractivity contribution is 0.237. The first kappa shape index (κ1) is 17.3. The highest BCUT2D eigenvalue weighted by atomic mass is 16.2. The van der Waals surface area contributed by atoms with Crippen LogP contribution in [0.4, 0.5) is 4.79 Å². The van der Waals surface area contributed by atoms with Gasteiger partial charge in [-0.2, -0.15) is 5.10 Å². The third-order valence-electron chi connectivity index (χ3n) is 4.96. The fraction of sp³-hybridized carbons (Fsp3) is 0.368. The van der Waals surface area contributed by atoms with Gasteiger partial charge in [0.2, 0.25) is 0 Å². The minimum Gasteiger partial charge on any atom is -0.333 e. The second-order valence-electron chi connectivity index (χ2n) is 6.93. The fourth-order valence-corrected chi connectivity index (χ4v) is 3.19. The summed E-state index contributed by atoms with van der Waals surface area (Å²) < 4.78 is 3.54. The van der Waals surface area contributed by atoms with Crippen LogP contribution in [0, 0.1) is 0 Å². The molecule has 1 aliphatic carbocycles. The number of aromatic nitrogens is 5. The molecule has 1 saturated carbocycles. The van der Waals surface area contributed by atoms with Crippen molar-refractivity contribution in [3.8, 4) is 5.69 Å². The van der Waals surface area contributed by atoms with Crippen molar-refractivity contribution in [3.05, 3.63) is 59.7 Å². The first-order chi connectivity index (χ1) is 13.1. The number of rotatable bonds is 6. The highest BCUT2D eigenvalue weighted by Gasteiger charge is 2.28. The topological polar surface area (TPSA) is 89.7 Å². The van der Waals surface area contributed by atoms with Gasteiger partial charge in [-0.05, 0) is 48.9 Å². The van der Waals surface area contributed by atoms with Crippen LogP contribution in [0.15, 0.2) is 42.9 Å². The number of benzene rings is 1. The Morgan fingerprint density at radius 2 is 2.07 bits per heavy atom. The Labute approximate surface area is 157 Å². The van der Waals surface area contributed by atoms with Gasteiger partial charge in [-0.3, -0.25) is 4.68 Å². The molecule has 1 aliphatic rings. The molecular weight excluding hydrogens is 342 g/mol. The zero-order valence-electron chi connectivity index (χ0n) is 15.5. The summed E-state index contributed by atoms with van der Waals surface area (Å²) in [7, 11) is 1.92. The fourth-order valence-electron chi connectivity index (χ4n) is 3.19. The van der Waals surface area contributed by atoms with E-state index >= 15 is 0 Å². The molecule has 1 atom stereocenters. The van der Waals surface area contributed by atoms with Gasteiger partial charge in [0.15, 0.2) is 0 Å². The zero-order valence-corrected chi connectivity index (χ0v) is 15.5. The smallest absolute Gasteiger partial charge is 0.315 e. The molecule has 8 heteroatoms. The maximum Gasteiger partial charge on any atom is 0.315 e. The first-order valence-electron chi connectivity index (χ1n) is 9.13. The quantitative estimate of drug-likeness (QED) is 0.702. The predicted molar refractivity (Wildman–Crippen MR) is 100 cm³/mol. The summed E-state index contributed by atoms with van der Waals surface area (Å²) in [5, 5.41) is 18.0. The van der Waals surface area contributed by atoms with E-state index in [0.29, 0.717) is 12.5 Å². The molecule has 2 aromatic heterocycles. The van der Waals surface area contributed by atoms with Crippen LogP contribution in [0.3, 0.4) is 0 Å². The third kappa shape index (κ3) is 3.84. The summed E-state index contributed by atoms with van der Waals surface area (Å²) in [6, 6.07) is 7.58. The largest absolute Gasteiger partial charge is 0.333 e. The van der Waals surface area contributed by atoms with Gasteiger partial charge >= 0.3 is 6.03 Å². The zero-order chi connectivity index (χ0) is 18.8. The normalized spacial score (nSPS) is 14.7. The molecule has 1 fully saturated rings. The van der Waals surface area contributed by atoms with E-state index in [-0.39, 0.29) is 12.1 Å². The summed E-state index contributed by atoms with van der Waals surface area (Å²) in [4.78, 5) is 12.3. The summed E-state index contributed by atoms with van der Waals surface area (Å²) in [6.07, 6.45) is 7.78. The van der Waals surface area contributed by atoms with Crippen molar-refractivity contribution in [1.29, 1.82) is 0 Å². The summed E-state index contributed by atoms with van der Waals surface area (Å²) in [5.74, 6) is 0.612. The van der Waals surface area contributed by atoms with Crippen LogP contribution < -0.4 is 10.6 Å². The van der Waals surface area contributed by atoms with Gasteiger partial charge < -0.3 is 10.6 Å². The van der Waals surface area contributed by atoms with E-state index in [9.17, 15) is 4.79 Å². The third-order valence-corrected chi connectivity index (χ3v) is 4.96. The molecule has 8 nitrogen and oxygen atoms in total. The highest BCUT2D eigenvalue weighted by molar-refractivity contribution is 5.74. The van der Waals surface area contributed by atoms with Gasteiger partial charge in [0, 0.05) is 7.05 Å². The summed E-state index contributed by atoms with van der Waals surface area (Å²) >= 11 is 0. The number of hydrogen-bond acceptors (Lipinski definition) is 4. The van der Waals surface area contributed by atoms with Gasteiger partial charge in [-0.1, -0.05) is 17.3 Å². The standard InChI is InChI=1S/C19H23N7O/c1-13(14-5-7-16(8-6-14)26-10-9-21-24-26)23-19(27)20-12-18-17(15-3-4-15)11-22-25(18)2/h5-11,13,15H,3-4,12H2,1-2H3,(H2,20,23,27). The molecule has 0 spiro atoms. The highest BCUT2D eigenvalue weighted by Crippen LogP contribution is 2.41. The minimum absolute atomic E-state index is 0.107. The van der Waals surface area contributed by atoms with Crippen LogP contribution in [-0.4, -0.2) is 30.8 Å². The molecule has 0 bridgehead atoms. The molecule has 1 unspecified atom stereocenters. The number of nitrogens with one attached hydrogen (secondary N) is 2. The van der Waals surface area contributed by atoms with Crippen LogP contribution in [0.2, 0.25) is 0 Å². The number of hydrogen-bond donors (Lipinski definition) is 2. The minimum atomic E-state index is -0.189. The summed E-state index contributed by atoms with van der Waals surface area (Å²) in [6.45, 7) is 2.44. The molecule has 4 rings (SSSR count). The molecular formula is C19H23N7O. The monoisotopic (exact) mass is 365 g/mol. The van der Waals surface area contributed by atoms with Crippen LogP contribution >= 0.6 is 0 Å². The van der Waals surface area contributed by atoms with Crippen molar-refractivity contribution >= 4 is 6.03 Å². The average Bonchev–Trinajstić information content (AvgIpc) is 3.23. The van der Waals surface area contributed by atoms with Crippen molar-refractivity contribution < 1.29 is 4.79 Å². The lowest BCUT2D eigenvalue weighted by Crippen LogP contribution is -2.37. The number of nitrogens with zero attached hydrogens (tertiary/aromatic N) is 5. The predicted octanol–water partition coefficient (Wildman–Crippen LogP) is 2.44. The van der Waals surface area contributed by atoms with Gasteiger partial charge in [0.1, 0.15) is 0 Å². The van der Waals surface area contributed by atoms with E-state index < -0.39 is 0 Å².